The van der Waals surface area contributed by atoms with Gasteiger partial charge in [-0.25, -0.2) is 0 Å². The molecular formula is C5H13NOS2. The lowest BCUT2D eigenvalue weighted by molar-refractivity contribution is 0.368. The Bertz CT molecular complexity index is 60.9. The predicted molar refractivity (Wildman–Crippen MR) is 45.9 cm³/mol. The average Bonchev–Trinajstić information content (AvgIpc) is 1.80. The summed E-state index contributed by atoms with van der Waals surface area (Å²) in [4.78, 5) is 0. The molecule has 0 aliphatic heterocycles. The Labute approximate surface area is 66.3 Å². The van der Waals surface area contributed by atoms with Gasteiger partial charge in [0, 0.05) is 18.2 Å². The molecule has 1 N–H and O–H groups in total. The fourth-order valence-corrected chi connectivity index (χ4v) is 0.772. The topological polar surface area (TPSA) is 21.3 Å². The van der Waals surface area contributed by atoms with E-state index in [-0.39, 0.29) is 5.37 Å². The van der Waals surface area contributed by atoms with Gasteiger partial charge in [-0.2, -0.15) is 12.6 Å². The summed E-state index contributed by atoms with van der Waals surface area (Å²) in [7, 11) is 0. The maximum absolute atomic E-state index is 5.00. The van der Waals surface area contributed by atoms with Crippen LogP contribution in [0.15, 0.2) is 0 Å². The van der Waals surface area contributed by atoms with Crippen LogP contribution < -0.4 is 5.32 Å². The Morgan fingerprint density at radius 3 is 2.89 bits per heavy atom. The molecule has 0 aromatic carbocycles. The second kappa shape index (κ2) is 6.74. The van der Waals surface area contributed by atoms with Crippen LogP contribution in [0.1, 0.15) is 6.92 Å². The molecule has 0 rings (SSSR count). The van der Waals surface area contributed by atoms with Crippen LogP contribution in [0.2, 0.25) is 0 Å². The van der Waals surface area contributed by atoms with E-state index >= 15 is 0 Å². The van der Waals surface area contributed by atoms with Gasteiger partial charge in [-0.3, -0.25) is 0 Å². The molecule has 0 aromatic rings. The molecule has 4 heteroatoms. The van der Waals surface area contributed by atoms with Crippen LogP contribution in [0.25, 0.3) is 0 Å². The molecule has 9 heavy (non-hydrogen) atoms. The Hall–Kier alpha value is 0.620. The van der Waals surface area contributed by atoms with Crippen molar-refractivity contribution in [3.63, 3.8) is 0 Å². The Balaban J connectivity index is 2.75. The van der Waals surface area contributed by atoms with Crippen LogP contribution in [0.3, 0.4) is 0 Å². The molecule has 0 amide bonds. The van der Waals surface area contributed by atoms with Crippen LogP contribution in [-0.4, -0.2) is 24.8 Å². The van der Waals surface area contributed by atoms with Crippen molar-refractivity contribution in [1.82, 2.24) is 5.32 Å². The minimum atomic E-state index is 0.260. The summed E-state index contributed by atoms with van der Waals surface area (Å²) in [5.74, 6) is 0. The first kappa shape index (κ1) is 9.62. The zero-order valence-corrected chi connectivity index (χ0v) is 7.47. The van der Waals surface area contributed by atoms with Gasteiger partial charge in [0.05, 0.1) is 6.61 Å². The van der Waals surface area contributed by atoms with E-state index in [1.165, 1.54) is 12.0 Å². The quantitative estimate of drug-likeness (QED) is 0.277. The van der Waals surface area contributed by atoms with Gasteiger partial charge in [-0.1, -0.05) is 0 Å². The van der Waals surface area contributed by atoms with Gasteiger partial charge in [0.2, 0.25) is 0 Å². The molecule has 0 spiro atoms. The van der Waals surface area contributed by atoms with Crippen molar-refractivity contribution >= 4 is 24.7 Å². The van der Waals surface area contributed by atoms with Gasteiger partial charge in [0.25, 0.3) is 0 Å². The molecule has 0 bridgehead atoms. The third kappa shape index (κ3) is 8.62. The molecule has 0 saturated heterocycles. The first-order chi connectivity index (χ1) is 4.27. The Kier molecular flexibility index (Phi) is 7.20. The SMILES string of the molecule is CSOCCNC(C)S. The zero-order chi connectivity index (χ0) is 7.11. The fraction of sp³-hybridized carbons (Fsp3) is 1.00. The number of thiol groups is 1. The van der Waals surface area contributed by atoms with Crippen molar-refractivity contribution in [3.05, 3.63) is 0 Å². The summed E-state index contributed by atoms with van der Waals surface area (Å²) in [6.07, 6.45) is 1.91. The summed E-state index contributed by atoms with van der Waals surface area (Å²) in [5, 5.41) is 3.37. The molecule has 1 atom stereocenters. The molecule has 56 valence electrons. The Morgan fingerprint density at radius 2 is 2.44 bits per heavy atom. The predicted octanol–water partition coefficient (Wildman–Crippen LogP) is 1.15. The normalized spacial score (nSPS) is 13.7. The van der Waals surface area contributed by atoms with Gasteiger partial charge >= 0.3 is 0 Å². The fourth-order valence-electron chi connectivity index (χ4n) is 0.393. The van der Waals surface area contributed by atoms with Crippen molar-refractivity contribution in [2.75, 3.05) is 19.4 Å². The summed E-state index contributed by atoms with van der Waals surface area (Å²) in [6, 6.07) is 0. The van der Waals surface area contributed by atoms with Gasteiger partial charge in [0.1, 0.15) is 0 Å². The summed E-state index contributed by atoms with van der Waals surface area (Å²) >= 11 is 5.52. The van der Waals surface area contributed by atoms with Crippen LogP contribution in [0, 0.1) is 0 Å². The number of hydrogen-bond donors (Lipinski definition) is 2. The smallest absolute Gasteiger partial charge is 0.0738 e. The van der Waals surface area contributed by atoms with Gasteiger partial charge in [-0.05, 0) is 19.0 Å². The molecule has 0 aliphatic carbocycles. The number of hydrogen-bond acceptors (Lipinski definition) is 4. The second-order valence-corrected chi connectivity index (χ2v) is 2.96. The lowest BCUT2D eigenvalue weighted by atomic mass is 10.6. The third-order valence-corrected chi connectivity index (χ3v) is 1.33. The van der Waals surface area contributed by atoms with E-state index in [2.05, 4.69) is 17.9 Å². The minimum Gasteiger partial charge on any atom is -0.314 e. The summed E-state index contributed by atoms with van der Waals surface area (Å²) in [5.41, 5.74) is 0. The van der Waals surface area contributed by atoms with E-state index in [4.69, 9.17) is 4.18 Å². The average molecular weight is 167 g/mol. The zero-order valence-electron chi connectivity index (χ0n) is 5.76. The van der Waals surface area contributed by atoms with Crippen molar-refractivity contribution in [1.29, 1.82) is 0 Å². The van der Waals surface area contributed by atoms with Crippen LogP contribution >= 0.6 is 24.7 Å². The molecule has 0 aromatic heterocycles. The van der Waals surface area contributed by atoms with Crippen molar-refractivity contribution in [2.45, 2.75) is 12.3 Å². The van der Waals surface area contributed by atoms with E-state index in [0.29, 0.717) is 0 Å². The number of rotatable bonds is 5. The van der Waals surface area contributed by atoms with E-state index in [0.717, 1.165) is 13.2 Å². The summed E-state index contributed by atoms with van der Waals surface area (Å²) in [6.45, 7) is 3.60. The molecule has 0 heterocycles. The standard InChI is InChI=1S/C5H13NOS2/c1-5(8)6-3-4-7-9-2/h5-6,8H,3-4H2,1-2H3. The first-order valence-electron chi connectivity index (χ1n) is 2.84. The largest absolute Gasteiger partial charge is 0.314 e. The second-order valence-electron chi connectivity index (χ2n) is 1.62. The van der Waals surface area contributed by atoms with E-state index in [1.54, 1.807) is 0 Å². The van der Waals surface area contributed by atoms with Gasteiger partial charge in [0.15, 0.2) is 0 Å². The minimum absolute atomic E-state index is 0.260. The van der Waals surface area contributed by atoms with Crippen LogP contribution in [0.4, 0.5) is 0 Å². The van der Waals surface area contributed by atoms with Crippen LogP contribution in [0.5, 0.6) is 0 Å². The maximum Gasteiger partial charge on any atom is 0.0738 e. The van der Waals surface area contributed by atoms with Gasteiger partial charge in [-0.15, -0.1) is 0 Å². The molecule has 0 saturated carbocycles. The summed E-state index contributed by atoms with van der Waals surface area (Å²) < 4.78 is 5.00. The number of nitrogens with one attached hydrogen (secondary N) is 1. The molecule has 0 radical (unpaired) electrons. The monoisotopic (exact) mass is 167 g/mol. The lowest BCUT2D eigenvalue weighted by Crippen LogP contribution is -2.24. The third-order valence-electron chi connectivity index (χ3n) is 0.743. The highest BCUT2D eigenvalue weighted by molar-refractivity contribution is 7.93. The van der Waals surface area contributed by atoms with Crippen LogP contribution in [-0.2, 0) is 4.18 Å². The van der Waals surface area contributed by atoms with E-state index in [9.17, 15) is 0 Å². The highest BCUT2D eigenvalue weighted by Gasteiger charge is 1.90. The molecule has 0 fully saturated rings. The molecule has 1 unspecified atom stereocenters. The Morgan fingerprint density at radius 1 is 1.78 bits per heavy atom. The van der Waals surface area contributed by atoms with Crippen molar-refractivity contribution < 1.29 is 4.18 Å². The highest BCUT2D eigenvalue weighted by Crippen LogP contribution is 1.92. The van der Waals surface area contributed by atoms with Crippen molar-refractivity contribution in [2.24, 2.45) is 0 Å². The van der Waals surface area contributed by atoms with E-state index in [1.807, 2.05) is 13.2 Å². The molecule has 2 nitrogen and oxygen atoms in total. The van der Waals surface area contributed by atoms with E-state index < -0.39 is 0 Å². The lowest BCUT2D eigenvalue weighted by Gasteiger charge is -2.05. The molecule has 0 aliphatic rings. The first-order valence-corrected chi connectivity index (χ1v) is 4.51. The molecular weight excluding hydrogens is 154 g/mol. The maximum atomic E-state index is 5.00. The van der Waals surface area contributed by atoms with Gasteiger partial charge < -0.3 is 9.50 Å². The highest BCUT2D eigenvalue weighted by atomic mass is 32.2. The van der Waals surface area contributed by atoms with Crippen molar-refractivity contribution in [3.8, 4) is 0 Å².